The first-order valence-corrected chi connectivity index (χ1v) is 10.7. The Morgan fingerprint density at radius 2 is 1.65 bits per heavy atom. The summed E-state index contributed by atoms with van der Waals surface area (Å²) in [7, 11) is 6.00. The molecule has 2 heterocycles. The van der Waals surface area contributed by atoms with Crippen LogP contribution in [0.15, 0.2) is 50.6 Å². The third kappa shape index (κ3) is 6.33. The number of morpholine rings is 1. The molecule has 3 aromatic rings. The van der Waals surface area contributed by atoms with Gasteiger partial charge in [-0.15, -0.1) is 0 Å². The van der Waals surface area contributed by atoms with E-state index in [1.807, 2.05) is 30.9 Å². The van der Waals surface area contributed by atoms with Crippen molar-refractivity contribution in [2.75, 3.05) is 52.3 Å². The van der Waals surface area contributed by atoms with E-state index >= 15 is 0 Å². The minimum absolute atomic E-state index is 0.0707. The van der Waals surface area contributed by atoms with Crippen molar-refractivity contribution >= 4 is 34.5 Å². The Labute approximate surface area is 196 Å². The molecule has 0 radical (unpaired) electrons. The van der Waals surface area contributed by atoms with Crippen LogP contribution in [-0.2, 0) is 4.74 Å². The zero-order valence-electron chi connectivity index (χ0n) is 19.6. The van der Waals surface area contributed by atoms with Gasteiger partial charge in [-0.1, -0.05) is 0 Å². The standard InChI is InChI=1S/C22H18F2N2O4.C3H9N/c1-13(25-17-9-15(23)8-16(24)10-17)18-6-14(12-27)7-19-20(28)11-21(30-22(18)19)26-2-4-29-5-3-26;1-4(2)3/h6-12H,2-5H2,1H3;1-3H3. The lowest BCUT2D eigenvalue weighted by Crippen LogP contribution is -2.36. The van der Waals surface area contributed by atoms with Crippen molar-refractivity contribution in [2.45, 2.75) is 6.92 Å². The van der Waals surface area contributed by atoms with Gasteiger partial charge < -0.3 is 19.0 Å². The topological polar surface area (TPSA) is 75.3 Å². The average Bonchev–Trinajstić information content (AvgIpc) is 2.78. The fourth-order valence-electron chi connectivity index (χ4n) is 3.40. The van der Waals surface area contributed by atoms with E-state index in [0.717, 1.165) is 18.2 Å². The summed E-state index contributed by atoms with van der Waals surface area (Å²) in [6.07, 6.45) is 0.618. The number of anilines is 1. The van der Waals surface area contributed by atoms with Crippen LogP contribution in [0.5, 0.6) is 0 Å². The first-order chi connectivity index (χ1) is 16.2. The van der Waals surface area contributed by atoms with Crippen molar-refractivity contribution in [2.24, 2.45) is 4.99 Å². The third-order valence-electron chi connectivity index (χ3n) is 4.83. The molecule has 1 aromatic heterocycles. The molecule has 9 heteroatoms. The number of nitrogens with zero attached hydrogens (tertiary/aromatic N) is 3. The molecular formula is C25H27F2N3O4. The molecule has 1 aliphatic rings. The maximum absolute atomic E-state index is 13.5. The Morgan fingerprint density at radius 1 is 1.03 bits per heavy atom. The summed E-state index contributed by atoms with van der Waals surface area (Å²) in [6, 6.07) is 7.32. The maximum Gasteiger partial charge on any atom is 0.200 e. The molecule has 0 spiro atoms. The number of aldehydes is 1. The third-order valence-corrected chi connectivity index (χ3v) is 4.83. The first-order valence-electron chi connectivity index (χ1n) is 10.7. The van der Waals surface area contributed by atoms with Gasteiger partial charge in [0.05, 0.1) is 24.3 Å². The highest BCUT2D eigenvalue weighted by atomic mass is 19.1. The number of carbonyl (C=O) groups is 1. The summed E-state index contributed by atoms with van der Waals surface area (Å²) >= 11 is 0. The SMILES string of the molecule is CC(=Nc1cc(F)cc(F)c1)c1cc(C=O)cc2c(=O)cc(N3CCOCC3)oc12.CN(C)C. The number of carbonyl (C=O) groups excluding carboxylic acids is 1. The number of aliphatic imine (C=N–C) groups is 1. The second-order valence-corrected chi connectivity index (χ2v) is 8.28. The molecule has 0 amide bonds. The maximum atomic E-state index is 13.5. The zero-order valence-corrected chi connectivity index (χ0v) is 19.6. The van der Waals surface area contributed by atoms with E-state index in [9.17, 15) is 18.4 Å². The smallest absolute Gasteiger partial charge is 0.200 e. The van der Waals surface area contributed by atoms with Gasteiger partial charge in [-0.2, -0.15) is 0 Å². The van der Waals surface area contributed by atoms with Crippen LogP contribution in [0, 0.1) is 11.6 Å². The molecular weight excluding hydrogens is 444 g/mol. The number of benzene rings is 2. The number of halogens is 2. The minimum atomic E-state index is -0.755. The van der Waals surface area contributed by atoms with Gasteiger partial charge in [0.15, 0.2) is 11.3 Å². The van der Waals surface area contributed by atoms with Gasteiger partial charge in [0.25, 0.3) is 0 Å². The van der Waals surface area contributed by atoms with E-state index < -0.39 is 11.6 Å². The van der Waals surface area contributed by atoms with Crippen molar-refractivity contribution in [3.8, 4) is 0 Å². The molecule has 0 aliphatic carbocycles. The molecule has 1 aliphatic heterocycles. The second-order valence-electron chi connectivity index (χ2n) is 8.28. The van der Waals surface area contributed by atoms with Gasteiger partial charge in [-0.05, 0) is 52.3 Å². The van der Waals surface area contributed by atoms with Crippen LogP contribution in [0.25, 0.3) is 11.0 Å². The van der Waals surface area contributed by atoms with Crippen LogP contribution < -0.4 is 10.3 Å². The number of rotatable bonds is 4. The van der Waals surface area contributed by atoms with Gasteiger partial charge in [-0.25, -0.2) is 8.78 Å². The first kappa shape index (κ1) is 25.2. The summed E-state index contributed by atoms with van der Waals surface area (Å²) in [5.74, 6) is -1.12. The van der Waals surface area contributed by atoms with E-state index in [2.05, 4.69) is 4.99 Å². The van der Waals surface area contributed by atoms with E-state index in [4.69, 9.17) is 9.15 Å². The molecule has 7 nitrogen and oxygen atoms in total. The zero-order chi connectivity index (χ0) is 24.8. The minimum Gasteiger partial charge on any atom is -0.440 e. The van der Waals surface area contributed by atoms with Crippen molar-refractivity contribution in [1.29, 1.82) is 0 Å². The molecule has 34 heavy (non-hydrogen) atoms. The normalized spacial score (nSPS) is 14.2. The van der Waals surface area contributed by atoms with E-state index in [1.54, 1.807) is 6.92 Å². The lowest BCUT2D eigenvalue weighted by molar-refractivity contribution is 0.112. The Morgan fingerprint density at radius 3 is 2.24 bits per heavy atom. The van der Waals surface area contributed by atoms with Gasteiger partial charge in [0, 0.05) is 42.1 Å². The Bertz CT molecular complexity index is 1240. The van der Waals surface area contributed by atoms with Crippen LogP contribution >= 0.6 is 0 Å². The van der Waals surface area contributed by atoms with Crippen LogP contribution in [-0.4, -0.2) is 64.3 Å². The highest BCUT2D eigenvalue weighted by Crippen LogP contribution is 2.26. The summed E-state index contributed by atoms with van der Waals surface area (Å²) in [4.78, 5) is 32.3. The summed E-state index contributed by atoms with van der Waals surface area (Å²) in [5.41, 5.74) is 1.03. The van der Waals surface area contributed by atoms with Crippen LogP contribution in [0.2, 0.25) is 0 Å². The molecule has 1 fully saturated rings. The van der Waals surface area contributed by atoms with Gasteiger partial charge in [0.1, 0.15) is 23.5 Å². The largest absolute Gasteiger partial charge is 0.440 e. The fourth-order valence-corrected chi connectivity index (χ4v) is 3.40. The van der Waals surface area contributed by atoms with Crippen molar-refractivity contribution in [3.63, 3.8) is 0 Å². The van der Waals surface area contributed by atoms with Crippen molar-refractivity contribution in [3.05, 3.63) is 69.4 Å². The second kappa shape index (κ2) is 11.1. The molecule has 0 N–H and O–H groups in total. The highest BCUT2D eigenvalue weighted by molar-refractivity contribution is 6.10. The Balaban J connectivity index is 0.000000751. The lowest BCUT2D eigenvalue weighted by Gasteiger charge is -2.27. The summed E-state index contributed by atoms with van der Waals surface area (Å²) in [6.45, 7) is 3.81. The molecule has 4 rings (SSSR count). The molecule has 2 aromatic carbocycles. The monoisotopic (exact) mass is 471 g/mol. The average molecular weight is 472 g/mol. The summed E-state index contributed by atoms with van der Waals surface area (Å²) in [5, 5.41) is 0.228. The summed E-state index contributed by atoms with van der Waals surface area (Å²) < 4.78 is 38.4. The quantitative estimate of drug-likeness (QED) is 0.422. The predicted octanol–water partition coefficient (Wildman–Crippen LogP) is 4.04. The van der Waals surface area contributed by atoms with Crippen LogP contribution in [0.4, 0.5) is 20.4 Å². The Hall–Kier alpha value is -3.43. The van der Waals surface area contributed by atoms with E-state index in [-0.39, 0.29) is 27.6 Å². The molecule has 0 bridgehead atoms. The van der Waals surface area contributed by atoms with Crippen LogP contribution in [0.3, 0.4) is 0 Å². The van der Waals surface area contributed by atoms with Crippen molar-refractivity contribution in [1.82, 2.24) is 4.90 Å². The van der Waals surface area contributed by atoms with Crippen LogP contribution in [0.1, 0.15) is 22.8 Å². The molecule has 1 saturated heterocycles. The highest BCUT2D eigenvalue weighted by Gasteiger charge is 2.18. The number of ether oxygens (including phenoxy) is 1. The van der Waals surface area contributed by atoms with Gasteiger partial charge >= 0.3 is 0 Å². The van der Waals surface area contributed by atoms with E-state index in [0.29, 0.717) is 49.7 Å². The van der Waals surface area contributed by atoms with Gasteiger partial charge in [0.2, 0.25) is 0 Å². The fraction of sp³-hybridized carbons (Fsp3) is 0.320. The predicted molar refractivity (Wildman–Crippen MR) is 129 cm³/mol. The lowest BCUT2D eigenvalue weighted by atomic mass is 10.0. The number of hydrogen-bond acceptors (Lipinski definition) is 7. The molecule has 0 saturated carbocycles. The van der Waals surface area contributed by atoms with E-state index in [1.165, 1.54) is 18.2 Å². The van der Waals surface area contributed by atoms with Gasteiger partial charge in [-0.3, -0.25) is 14.6 Å². The molecule has 180 valence electrons. The number of hydrogen-bond donors (Lipinski definition) is 0. The molecule has 0 unspecified atom stereocenters. The Kier molecular flexibility index (Phi) is 8.25. The molecule has 0 atom stereocenters. The number of fused-ring (bicyclic) bond motifs is 1. The van der Waals surface area contributed by atoms with Crippen molar-refractivity contribution < 1.29 is 22.7 Å².